The summed E-state index contributed by atoms with van der Waals surface area (Å²) in [4.78, 5) is 5.54. The van der Waals surface area contributed by atoms with Crippen molar-refractivity contribution >= 4 is 5.71 Å². The Morgan fingerprint density at radius 2 is 1.79 bits per heavy atom. The average Bonchev–Trinajstić information content (AvgIpc) is 2.91. The number of rotatable bonds is 3. The molecule has 1 aliphatic heterocycles. The summed E-state index contributed by atoms with van der Waals surface area (Å²) < 4.78 is 0. The second-order valence-electron chi connectivity index (χ2n) is 5.03. The predicted molar refractivity (Wildman–Crippen MR) is 77.4 cm³/mol. The molecule has 1 heterocycles. The Hall–Kier alpha value is -2.09. The van der Waals surface area contributed by atoms with Crippen LogP contribution in [0.5, 0.6) is 0 Å². The number of aryl methyl sites for hydroxylation is 1. The zero-order valence-electron chi connectivity index (χ0n) is 11.0. The van der Waals surface area contributed by atoms with Crippen LogP contribution in [0.25, 0.3) is 0 Å². The van der Waals surface area contributed by atoms with Crippen molar-refractivity contribution in [1.29, 1.82) is 0 Å². The Morgan fingerprint density at radius 1 is 1.05 bits per heavy atom. The van der Waals surface area contributed by atoms with Gasteiger partial charge < -0.3 is 4.84 Å². The van der Waals surface area contributed by atoms with Crippen LogP contribution in [-0.4, -0.2) is 11.8 Å². The zero-order valence-corrected chi connectivity index (χ0v) is 11.0. The summed E-state index contributed by atoms with van der Waals surface area (Å²) in [5, 5.41) is 4.22. The maximum absolute atomic E-state index is 5.54. The van der Waals surface area contributed by atoms with Gasteiger partial charge in [0.25, 0.3) is 0 Å². The maximum Gasteiger partial charge on any atom is 0.137 e. The van der Waals surface area contributed by atoms with Gasteiger partial charge in [0.15, 0.2) is 0 Å². The normalized spacial score (nSPS) is 17.9. The highest BCUT2D eigenvalue weighted by Gasteiger charge is 2.22. The van der Waals surface area contributed by atoms with E-state index in [1.54, 1.807) is 0 Å². The van der Waals surface area contributed by atoms with Crippen LogP contribution in [0.3, 0.4) is 0 Å². The Labute approximate surface area is 113 Å². The van der Waals surface area contributed by atoms with Crippen LogP contribution in [0.4, 0.5) is 0 Å². The monoisotopic (exact) mass is 251 g/mol. The minimum absolute atomic E-state index is 0.165. The topological polar surface area (TPSA) is 21.6 Å². The van der Waals surface area contributed by atoms with Crippen molar-refractivity contribution in [3.63, 3.8) is 0 Å². The quantitative estimate of drug-likeness (QED) is 0.814. The molecule has 0 fully saturated rings. The molecule has 0 spiro atoms. The molecule has 0 radical (unpaired) electrons. The fourth-order valence-corrected chi connectivity index (χ4v) is 2.33. The van der Waals surface area contributed by atoms with E-state index in [1.165, 1.54) is 11.1 Å². The van der Waals surface area contributed by atoms with E-state index in [0.717, 1.165) is 24.1 Å². The third-order valence-electron chi connectivity index (χ3n) is 3.42. The molecular weight excluding hydrogens is 234 g/mol. The molecule has 0 saturated heterocycles. The van der Waals surface area contributed by atoms with Gasteiger partial charge in [-0.2, -0.15) is 0 Å². The van der Waals surface area contributed by atoms with Crippen LogP contribution < -0.4 is 0 Å². The summed E-state index contributed by atoms with van der Waals surface area (Å²) in [6.45, 7) is 2.10. The largest absolute Gasteiger partial charge is 0.391 e. The Balaban J connectivity index is 1.64. The van der Waals surface area contributed by atoms with Crippen molar-refractivity contribution in [2.24, 2.45) is 5.16 Å². The summed E-state index contributed by atoms with van der Waals surface area (Å²) in [6, 6.07) is 18.9. The van der Waals surface area contributed by atoms with Gasteiger partial charge in [0.1, 0.15) is 6.10 Å². The summed E-state index contributed by atoms with van der Waals surface area (Å²) in [7, 11) is 0. The van der Waals surface area contributed by atoms with Gasteiger partial charge in [-0.3, -0.25) is 0 Å². The highest BCUT2D eigenvalue weighted by Crippen LogP contribution is 2.20. The maximum atomic E-state index is 5.54. The summed E-state index contributed by atoms with van der Waals surface area (Å²) in [5.74, 6) is 0. The lowest BCUT2D eigenvalue weighted by atomic mass is 10.00. The van der Waals surface area contributed by atoms with Gasteiger partial charge in [0, 0.05) is 12.8 Å². The fourth-order valence-electron chi connectivity index (χ4n) is 2.33. The first kappa shape index (κ1) is 12.0. The van der Waals surface area contributed by atoms with Gasteiger partial charge in [-0.1, -0.05) is 65.3 Å². The molecule has 0 aromatic heterocycles. The molecule has 2 aromatic carbocycles. The molecule has 1 atom stereocenters. The summed E-state index contributed by atoms with van der Waals surface area (Å²) >= 11 is 0. The number of hydrogen-bond acceptors (Lipinski definition) is 2. The Morgan fingerprint density at radius 3 is 2.53 bits per heavy atom. The van der Waals surface area contributed by atoms with Crippen LogP contribution in [-0.2, 0) is 11.3 Å². The SMILES string of the molecule is Cc1ccc(CC2CC(c3ccccc3)=NO2)cc1. The molecule has 0 N–H and O–H groups in total. The molecule has 0 amide bonds. The zero-order chi connectivity index (χ0) is 13.1. The van der Waals surface area contributed by atoms with E-state index in [9.17, 15) is 0 Å². The summed E-state index contributed by atoms with van der Waals surface area (Å²) in [6.07, 6.45) is 1.97. The first-order chi connectivity index (χ1) is 9.31. The molecular formula is C17H17NO. The lowest BCUT2D eigenvalue weighted by Gasteiger charge is -2.08. The first-order valence-electron chi connectivity index (χ1n) is 6.65. The Kier molecular flexibility index (Phi) is 3.32. The lowest BCUT2D eigenvalue weighted by molar-refractivity contribution is 0.0859. The third kappa shape index (κ3) is 2.84. The minimum Gasteiger partial charge on any atom is -0.391 e. The van der Waals surface area contributed by atoms with Crippen LogP contribution in [0.2, 0.25) is 0 Å². The van der Waals surface area contributed by atoms with E-state index in [0.29, 0.717) is 0 Å². The van der Waals surface area contributed by atoms with Gasteiger partial charge in [0.2, 0.25) is 0 Å². The number of nitrogens with zero attached hydrogens (tertiary/aromatic N) is 1. The second-order valence-corrected chi connectivity index (χ2v) is 5.03. The molecule has 2 heteroatoms. The van der Waals surface area contributed by atoms with Crippen LogP contribution in [0.15, 0.2) is 59.8 Å². The number of oxime groups is 1. The van der Waals surface area contributed by atoms with Crippen LogP contribution >= 0.6 is 0 Å². The van der Waals surface area contributed by atoms with E-state index in [1.807, 2.05) is 18.2 Å². The highest BCUT2D eigenvalue weighted by molar-refractivity contribution is 6.01. The van der Waals surface area contributed by atoms with Crippen molar-refractivity contribution in [3.05, 3.63) is 71.3 Å². The molecule has 96 valence electrons. The van der Waals surface area contributed by atoms with Gasteiger partial charge in [-0.25, -0.2) is 0 Å². The van der Waals surface area contributed by atoms with Gasteiger partial charge in [-0.15, -0.1) is 0 Å². The third-order valence-corrected chi connectivity index (χ3v) is 3.42. The molecule has 2 nitrogen and oxygen atoms in total. The minimum atomic E-state index is 0.165. The van der Waals surface area contributed by atoms with Crippen LogP contribution in [0.1, 0.15) is 23.1 Å². The van der Waals surface area contributed by atoms with Gasteiger partial charge in [0.05, 0.1) is 5.71 Å². The number of benzene rings is 2. The van der Waals surface area contributed by atoms with E-state index in [4.69, 9.17) is 4.84 Å². The highest BCUT2D eigenvalue weighted by atomic mass is 16.6. The van der Waals surface area contributed by atoms with Crippen molar-refractivity contribution < 1.29 is 4.84 Å². The molecule has 3 rings (SSSR count). The van der Waals surface area contributed by atoms with Crippen LogP contribution in [0, 0.1) is 6.92 Å². The second kappa shape index (κ2) is 5.27. The molecule has 1 unspecified atom stereocenters. The lowest BCUT2D eigenvalue weighted by Crippen LogP contribution is -2.11. The van der Waals surface area contributed by atoms with E-state index < -0.39 is 0 Å². The number of hydrogen-bond donors (Lipinski definition) is 0. The van der Waals surface area contributed by atoms with Gasteiger partial charge in [-0.05, 0) is 18.1 Å². The van der Waals surface area contributed by atoms with E-state index in [-0.39, 0.29) is 6.10 Å². The van der Waals surface area contributed by atoms with Crippen molar-refractivity contribution in [2.75, 3.05) is 0 Å². The summed E-state index contributed by atoms with van der Waals surface area (Å²) in [5.41, 5.74) is 4.81. The smallest absolute Gasteiger partial charge is 0.137 e. The van der Waals surface area contributed by atoms with Gasteiger partial charge >= 0.3 is 0 Å². The molecule has 0 aliphatic carbocycles. The van der Waals surface area contributed by atoms with E-state index >= 15 is 0 Å². The molecule has 2 aromatic rings. The Bertz CT molecular complexity index is 572. The van der Waals surface area contributed by atoms with Crippen molar-refractivity contribution in [1.82, 2.24) is 0 Å². The standard InChI is InChI=1S/C17H17NO/c1-13-7-9-14(10-8-13)11-16-12-17(18-19-16)15-5-3-2-4-6-15/h2-10,16H,11-12H2,1H3. The predicted octanol–water partition coefficient (Wildman–Crippen LogP) is 3.73. The molecule has 19 heavy (non-hydrogen) atoms. The molecule has 1 aliphatic rings. The first-order valence-corrected chi connectivity index (χ1v) is 6.65. The fraction of sp³-hybridized carbons (Fsp3) is 0.235. The molecule has 0 saturated carbocycles. The molecule has 0 bridgehead atoms. The van der Waals surface area contributed by atoms with E-state index in [2.05, 4.69) is 48.5 Å². The average molecular weight is 251 g/mol. The van der Waals surface area contributed by atoms with Crippen molar-refractivity contribution in [3.8, 4) is 0 Å². The van der Waals surface area contributed by atoms with Crippen molar-refractivity contribution in [2.45, 2.75) is 25.9 Å².